The number of aryl methyl sites for hydroxylation is 1. The number of benzene rings is 1. The predicted octanol–water partition coefficient (Wildman–Crippen LogP) is 2.57. The largest absolute Gasteiger partial charge is 0.461 e. The number of anilines is 2. The maximum atomic E-state index is 11.5. The summed E-state index contributed by atoms with van der Waals surface area (Å²) in [6.07, 6.45) is 1.44. The highest BCUT2D eigenvalue weighted by molar-refractivity contribution is 7.99. The molecule has 2 aliphatic rings. The molecule has 0 saturated carbocycles. The average molecular weight is 429 g/mol. The number of carbonyl (C=O) groups is 1. The van der Waals surface area contributed by atoms with Crippen molar-refractivity contribution in [2.24, 2.45) is 5.10 Å². The summed E-state index contributed by atoms with van der Waals surface area (Å²) in [6.45, 7) is 4.69. The van der Waals surface area contributed by atoms with Gasteiger partial charge in [-0.25, -0.2) is 4.79 Å². The molecule has 158 valence electrons. The maximum Gasteiger partial charge on any atom is 0.410 e. The van der Waals surface area contributed by atoms with E-state index < -0.39 is 0 Å². The number of hydrazone groups is 1. The van der Waals surface area contributed by atoms with Crippen LogP contribution in [0.3, 0.4) is 0 Å². The third-order valence-electron chi connectivity index (χ3n) is 4.64. The van der Waals surface area contributed by atoms with Gasteiger partial charge in [0.1, 0.15) is 19.0 Å². The molecule has 1 aromatic heterocycles. The van der Waals surface area contributed by atoms with Crippen LogP contribution in [0.2, 0.25) is 0 Å². The van der Waals surface area contributed by atoms with E-state index in [1.54, 1.807) is 11.1 Å². The molecule has 0 unspecified atom stereocenters. The molecule has 2 saturated heterocycles. The number of nitrogens with zero attached hydrogens (tertiary/aromatic N) is 5. The van der Waals surface area contributed by atoms with Gasteiger partial charge >= 0.3 is 12.1 Å². The van der Waals surface area contributed by atoms with Crippen molar-refractivity contribution in [3.63, 3.8) is 0 Å². The SMILES string of the molecule is Cc1cccc(C=NNc2cc(N3CCSC3)nc(OCCN3CCOC3=O)n2)c1. The van der Waals surface area contributed by atoms with Gasteiger partial charge in [0.25, 0.3) is 0 Å². The molecule has 3 heterocycles. The Kier molecular flexibility index (Phi) is 6.53. The second-order valence-electron chi connectivity index (χ2n) is 6.93. The van der Waals surface area contributed by atoms with Gasteiger partial charge in [-0.1, -0.05) is 29.8 Å². The van der Waals surface area contributed by atoms with Crippen molar-refractivity contribution in [2.45, 2.75) is 6.92 Å². The van der Waals surface area contributed by atoms with Gasteiger partial charge in [-0.05, 0) is 12.5 Å². The highest BCUT2D eigenvalue weighted by Crippen LogP contribution is 2.25. The van der Waals surface area contributed by atoms with Crippen LogP contribution in [0.4, 0.5) is 16.4 Å². The fraction of sp³-hybridized carbons (Fsp3) is 0.400. The number of hydrogen-bond donors (Lipinski definition) is 1. The van der Waals surface area contributed by atoms with Crippen LogP contribution in [0.15, 0.2) is 35.4 Å². The van der Waals surface area contributed by atoms with E-state index in [2.05, 4.69) is 31.5 Å². The van der Waals surface area contributed by atoms with E-state index in [0.29, 0.717) is 32.1 Å². The Morgan fingerprint density at radius 1 is 1.33 bits per heavy atom. The summed E-state index contributed by atoms with van der Waals surface area (Å²) >= 11 is 1.86. The molecular weight excluding hydrogens is 404 g/mol. The summed E-state index contributed by atoms with van der Waals surface area (Å²) in [5, 5.41) is 4.30. The van der Waals surface area contributed by atoms with E-state index in [-0.39, 0.29) is 12.1 Å². The smallest absolute Gasteiger partial charge is 0.410 e. The van der Waals surface area contributed by atoms with Gasteiger partial charge in [0.05, 0.1) is 25.2 Å². The van der Waals surface area contributed by atoms with E-state index in [1.807, 2.05) is 43.0 Å². The second-order valence-corrected chi connectivity index (χ2v) is 8.00. The summed E-state index contributed by atoms with van der Waals surface area (Å²) in [5.74, 6) is 3.28. The molecule has 10 heteroatoms. The van der Waals surface area contributed by atoms with Crippen molar-refractivity contribution >= 4 is 35.7 Å². The molecule has 0 atom stereocenters. The maximum absolute atomic E-state index is 11.5. The number of ether oxygens (including phenoxy) is 2. The number of thioether (sulfide) groups is 1. The zero-order valence-electron chi connectivity index (χ0n) is 16.8. The minimum atomic E-state index is -0.310. The summed E-state index contributed by atoms with van der Waals surface area (Å²) in [7, 11) is 0. The molecule has 0 spiro atoms. The van der Waals surface area contributed by atoms with Crippen LogP contribution < -0.4 is 15.1 Å². The normalized spacial score (nSPS) is 16.4. The number of carbonyl (C=O) groups excluding carboxylic acids is 1. The lowest BCUT2D eigenvalue weighted by Crippen LogP contribution is -2.29. The highest BCUT2D eigenvalue weighted by Gasteiger charge is 2.22. The Morgan fingerprint density at radius 3 is 3.03 bits per heavy atom. The standard InChI is InChI=1S/C20H24N6O3S/c1-15-3-2-4-16(11-15)13-21-24-17-12-18(26-7-10-30-14-26)23-19(22-17)28-8-5-25-6-9-29-20(25)27/h2-4,11-13H,5-10,14H2,1H3,(H,22,23,24). The first-order chi connectivity index (χ1) is 14.7. The third kappa shape index (κ3) is 5.32. The Hall–Kier alpha value is -3.01. The van der Waals surface area contributed by atoms with E-state index in [0.717, 1.165) is 29.6 Å². The first kappa shape index (κ1) is 20.3. The lowest BCUT2D eigenvalue weighted by atomic mass is 10.2. The Bertz CT molecular complexity index is 919. The summed E-state index contributed by atoms with van der Waals surface area (Å²) in [4.78, 5) is 24.3. The van der Waals surface area contributed by atoms with Gasteiger partial charge in [0, 0.05) is 18.4 Å². The molecule has 9 nitrogen and oxygen atoms in total. The average Bonchev–Trinajstić information content (AvgIpc) is 3.40. The fourth-order valence-electron chi connectivity index (χ4n) is 3.09. The van der Waals surface area contributed by atoms with Crippen LogP contribution >= 0.6 is 11.8 Å². The predicted molar refractivity (Wildman–Crippen MR) is 118 cm³/mol. The van der Waals surface area contributed by atoms with Crippen LogP contribution in [0.25, 0.3) is 0 Å². The van der Waals surface area contributed by atoms with Crippen molar-refractivity contribution in [1.29, 1.82) is 0 Å². The molecule has 2 fully saturated rings. The fourth-order valence-corrected chi connectivity index (χ4v) is 4.05. The third-order valence-corrected chi connectivity index (χ3v) is 5.61. The lowest BCUT2D eigenvalue weighted by Gasteiger charge is -2.17. The first-order valence-corrected chi connectivity index (χ1v) is 10.9. The Morgan fingerprint density at radius 2 is 2.27 bits per heavy atom. The zero-order chi connectivity index (χ0) is 20.8. The van der Waals surface area contributed by atoms with E-state index in [1.165, 1.54) is 5.56 Å². The molecule has 2 aromatic rings. The van der Waals surface area contributed by atoms with Crippen molar-refractivity contribution in [2.75, 3.05) is 54.8 Å². The number of cyclic esters (lactones) is 1. The minimum absolute atomic E-state index is 0.255. The number of amides is 1. The van der Waals surface area contributed by atoms with Crippen LogP contribution in [-0.4, -0.2) is 71.7 Å². The van der Waals surface area contributed by atoms with Gasteiger partial charge in [-0.15, -0.1) is 11.8 Å². The van der Waals surface area contributed by atoms with Crippen LogP contribution in [-0.2, 0) is 4.74 Å². The molecule has 1 N–H and O–H groups in total. The molecule has 0 aliphatic carbocycles. The molecule has 0 bridgehead atoms. The van der Waals surface area contributed by atoms with Gasteiger partial charge in [-0.3, -0.25) is 5.43 Å². The van der Waals surface area contributed by atoms with Gasteiger partial charge < -0.3 is 19.3 Å². The first-order valence-electron chi connectivity index (χ1n) is 9.79. The van der Waals surface area contributed by atoms with E-state index >= 15 is 0 Å². The topological polar surface area (TPSA) is 92.2 Å². The lowest BCUT2D eigenvalue weighted by molar-refractivity contribution is 0.152. The van der Waals surface area contributed by atoms with Gasteiger partial charge in [-0.2, -0.15) is 15.1 Å². The zero-order valence-corrected chi connectivity index (χ0v) is 17.6. The van der Waals surface area contributed by atoms with Crippen molar-refractivity contribution < 1.29 is 14.3 Å². The molecule has 0 radical (unpaired) electrons. The van der Waals surface area contributed by atoms with Crippen LogP contribution in [0.5, 0.6) is 6.01 Å². The quantitative estimate of drug-likeness (QED) is 0.507. The molecule has 2 aliphatic heterocycles. The van der Waals surface area contributed by atoms with Crippen molar-refractivity contribution in [3.05, 3.63) is 41.5 Å². The van der Waals surface area contributed by atoms with Crippen LogP contribution in [0, 0.1) is 6.92 Å². The second kappa shape index (κ2) is 9.66. The number of aromatic nitrogens is 2. The number of rotatable bonds is 8. The monoisotopic (exact) mass is 428 g/mol. The molecule has 1 amide bonds. The van der Waals surface area contributed by atoms with E-state index in [9.17, 15) is 4.79 Å². The number of hydrogen-bond acceptors (Lipinski definition) is 9. The number of nitrogens with one attached hydrogen (secondary N) is 1. The van der Waals surface area contributed by atoms with E-state index in [4.69, 9.17) is 9.47 Å². The summed E-state index contributed by atoms with van der Waals surface area (Å²) in [5.41, 5.74) is 5.15. The Balaban J connectivity index is 1.43. The van der Waals surface area contributed by atoms with Gasteiger partial charge in [0.2, 0.25) is 0 Å². The van der Waals surface area contributed by atoms with Gasteiger partial charge in [0.15, 0.2) is 5.82 Å². The van der Waals surface area contributed by atoms with Crippen molar-refractivity contribution in [3.8, 4) is 6.01 Å². The molecule has 1 aromatic carbocycles. The highest BCUT2D eigenvalue weighted by atomic mass is 32.2. The Labute approximate surface area is 179 Å². The minimum Gasteiger partial charge on any atom is -0.461 e. The van der Waals surface area contributed by atoms with Crippen LogP contribution in [0.1, 0.15) is 11.1 Å². The van der Waals surface area contributed by atoms with Crippen molar-refractivity contribution in [1.82, 2.24) is 14.9 Å². The molecule has 4 rings (SSSR count). The molecule has 30 heavy (non-hydrogen) atoms. The summed E-state index contributed by atoms with van der Waals surface area (Å²) < 4.78 is 10.7. The molecular formula is C20H24N6O3S. The summed E-state index contributed by atoms with van der Waals surface area (Å²) in [6, 6.07) is 10.2.